The van der Waals surface area contributed by atoms with Crippen LogP contribution in [0.2, 0.25) is 5.02 Å². The Morgan fingerprint density at radius 2 is 1.77 bits per heavy atom. The number of hydrogen-bond acceptors (Lipinski definition) is 6. The fraction of sp³-hybridized carbons (Fsp3) is 0.0333. The first-order valence-electron chi connectivity index (χ1n) is 11.9. The molecule has 1 heterocycles. The van der Waals surface area contributed by atoms with Gasteiger partial charge < -0.3 is 10.1 Å². The molecule has 0 aliphatic carbocycles. The van der Waals surface area contributed by atoms with E-state index in [0.29, 0.717) is 21.9 Å². The third-order valence-electron chi connectivity index (χ3n) is 5.62. The van der Waals surface area contributed by atoms with Crippen LogP contribution >= 0.6 is 22.9 Å². The molecule has 0 spiro atoms. The zero-order chi connectivity index (χ0) is 27.0. The van der Waals surface area contributed by atoms with E-state index in [2.05, 4.69) is 20.8 Å². The van der Waals surface area contributed by atoms with E-state index in [0.717, 1.165) is 27.6 Å². The second-order valence-corrected chi connectivity index (χ2v) is 9.70. The fourth-order valence-corrected chi connectivity index (χ4v) is 4.54. The molecule has 2 N–H and O–H groups in total. The van der Waals surface area contributed by atoms with Crippen molar-refractivity contribution < 1.29 is 13.9 Å². The maximum Gasteiger partial charge on any atom is 0.271 e. The number of carbonyl (C=O) groups is 1. The number of para-hydroxylation sites is 1. The monoisotopic (exact) mass is 556 g/mol. The van der Waals surface area contributed by atoms with Gasteiger partial charge in [-0.15, -0.1) is 11.3 Å². The SMILES string of the molecule is O=C(N/N=C\c1cc(Cl)ccc1OCc1ccc(F)cc1)c1ccc(-c2csc(Nc3ccccc3)n2)cc1. The summed E-state index contributed by atoms with van der Waals surface area (Å²) in [6.45, 7) is 0.240. The van der Waals surface area contributed by atoms with E-state index in [9.17, 15) is 9.18 Å². The zero-order valence-corrected chi connectivity index (χ0v) is 22.0. The normalized spacial score (nSPS) is 10.9. The highest BCUT2D eigenvalue weighted by Gasteiger charge is 2.09. The van der Waals surface area contributed by atoms with Crippen LogP contribution in [0, 0.1) is 5.82 Å². The Labute approximate surface area is 233 Å². The van der Waals surface area contributed by atoms with Crippen LogP contribution in [0.15, 0.2) is 108 Å². The van der Waals surface area contributed by atoms with Gasteiger partial charge in [0, 0.05) is 32.8 Å². The van der Waals surface area contributed by atoms with Crippen molar-refractivity contribution in [2.24, 2.45) is 5.10 Å². The van der Waals surface area contributed by atoms with E-state index in [1.54, 1.807) is 42.5 Å². The highest BCUT2D eigenvalue weighted by atomic mass is 35.5. The van der Waals surface area contributed by atoms with Crippen LogP contribution in [0.25, 0.3) is 11.3 Å². The first kappa shape index (κ1) is 26.1. The average Bonchev–Trinajstić information content (AvgIpc) is 3.42. The number of carbonyl (C=O) groups excluding carboxylic acids is 1. The lowest BCUT2D eigenvalue weighted by Crippen LogP contribution is -2.17. The van der Waals surface area contributed by atoms with E-state index in [1.165, 1.54) is 29.7 Å². The number of amides is 1. The molecule has 39 heavy (non-hydrogen) atoms. The van der Waals surface area contributed by atoms with Crippen LogP contribution < -0.4 is 15.5 Å². The van der Waals surface area contributed by atoms with Crippen molar-refractivity contribution in [2.45, 2.75) is 6.61 Å². The number of thiazole rings is 1. The first-order chi connectivity index (χ1) is 19.0. The summed E-state index contributed by atoms with van der Waals surface area (Å²) in [6, 6.07) is 28.1. The Morgan fingerprint density at radius 3 is 2.54 bits per heavy atom. The summed E-state index contributed by atoms with van der Waals surface area (Å²) in [5.41, 5.74) is 7.06. The predicted octanol–water partition coefficient (Wildman–Crippen LogP) is 7.69. The molecule has 6 nitrogen and oxygen atoms in total. The maximum atomic E-state index is 13.1. The number of hydrazone groups is 1. The molecule has 0 unspecified atom stereocenters. The van der Waals surface area contributed by atoms with Crippen molar-refractivity contribution in [2.75, 3.05) is 5.32 Å². The number of halogens is 2. The van der Waals surface area contributed by atoms with Gasteiger partial charge >= 0.3 is 0 Å². The number of benzene rings is 4. The average molecular weight is 557 g/mol. The third-order valence-corrected chi connectivity index (χ3v) is 6.61. The minimum atomic E-state index is -0.363. The molecule has 0 saturated heterocycles. The number of ether oxygens (including phenoxy) is 1. The van der Waals surface area contributed by atoms with E-state index in [4.69, 9.17) is 16.3 Å². The quantitative estimate of drug-likeness (QED) is 0.144. The summed E-state index contributed by atoms with van der Waals surface area (Å²) in [6.07, 6.45) is 1.47. The second-order valence-electron chi connectivity index (χ2n) is 8.40. The molecule has 0 atom stereocenters. The molecular formula is C30H22ClFN4O2S. The number of anilines is 2. The van der Waals surface area contributed by atoms with Crippen molar-refractivity contribution in [1.29, 1.82) is 0 Å². The van der Waals surface area contributed by atoms with Crippen molar-refractivity contribution >= 4 is 45.9 Å². The van der Waals surface area contributed by atoms with E-state index in [1.807, 2.05) is 47.8 Å². The van der Waals surface area contributed by atoms with Crippen molar-refractivity contribution in [3.63, 3.8) is 0 Å². The largest absolute Gasteiger partial charge is 0.488 e. The van der Waals surface area contributed by atoms with Crippen LogP contribution in [0.5, 0.6) is 5.75 Å². The lowest BCUT2D eigenvalue weighted by molar-refractivity contribution is 0.0955. The minimum Gasteiger partial charge on any atom is -0.488 e. The Balaban J connectivity index is 1.20. The van der Waals surface area contributed by atoms with Gasteiger partial charge in [0.05, 0.1) is 11.9 Å². The van der Waals surface area contributed by atoms with Crippen LogP contribution in [0.4, 0.5) is 15.2 Å². The zero-order valence-electron chi connectivity index (χ0n) is 20.5. The fourth-order valence-electron chi connectivity index (χ4n) is 3.62. The summed E-state index contributed by atoms with van der Waals surface area (Å²) in [5, 5.41) is 10.6. The molecule has 1 amide bonds. The highest BCUT2D eigenvalue weighted by Crippen LogP contribution is 2.27. The van der Waals surface area contributed by atoms with Gasteiger partial charge in [-0.1, -0.05) is 54.1 Å². The molecule has 0 aliphatic heterocycles. The molecule has 9 heteroatoms. The van der Waals surface area contributed by atoms with E-state index < -0.39 is 0 Å². The molecule has 0 radical (unpaired) electrons. The van der Waals surface area contributed by atoms with E-state index in [-0.39, 0.29) is 18.3 Å². The summed E-state index contributed by atoms with van der Waals surface area (Å²) >= 11 is 7.65. The van der Waals surface area contributed by atoms with Gasteiger partial charge in [-0.25, -0.2) is 14.8 Å². The third kappa shape index (κ3) is 7.07. The highest BCUT2D eigenvalue weighted by molar-refractivity contribution is 7.14. The van der Waals surface area contributed by atoms with Crippen LogP contribution in [0.3, 0.4) is 0 Å². The van der Waals surface area contributed by atoms with Crippen LogP contribution in [-0.4, -0.2) is 17.1 Å². The van der Waals surface area contributed by atoms with Crippen molar-refractivity contribution in [3.8, 4) is 17.0 Å². The van der Waals surface area contributed by atoms with Gasteiger partial charge in [-0.3, -0.25) is 4.79 Å². The molecule has 0 saturated carbocycles. The van der Waals surface area contributed by atoms with Gasteiger partial charge in [0.2, 0.25) is 0 Å². The Hall–Kier alpha value is -4.53. The summed E-state index contributed by atoms with van der Waals surface area (Å²) in [5.74, 6) is -0.148. The molecule has 0 bridgehead atoms. The smallest absolute Gasteiger partial charge is 0.271 e. The van der Waals surface area contributed by atoms with Crippen molar-refractivity contribution in [1.82, 2.24) is 10.4 Å². The number of aromatic nitrogens is 1. The van der Waals surface area contributed by atoms with Crippen LogP contribution in [-0.2, 0) is 6.61 Å². The molecule has 1 aromatic heterocycles. The standard InChI is InChI=1S/C30H22ClFN4O2S/c31-24-12-15-28(38-18-20-6-13-25(32)14-7-20)23(16-24)17-33-36-29(37)22-10-8-21(9-11-22)27-19-39-30(35-27)34-26-4-2-1-3-5-26/h1-17,19H,18H2,(H,34,35)(H,36,37)/b33-17-. The second kappa shape index (κ2) is 12.3. The molecule has 0 fully saturated rings. The Kier molecular flexibility index (Phi) is 8.26. The predicted molar refractivity (Wildman–Crippen MR) is 155 cm³/mol. The lowest BCUT2D eigenvalue weighted by atomic mass is 10.1. The summed E-state index contributed by atoms with van der Waals surface area (Å²) in [4.78, 5) is 17.3. The molecule has 5 aromatic rings. The lowest BCUT2D eigenvalue weighted by Gasteiger charge is -2.10. The topological polar surface area (TPSA) is 75.6 Å². The number of nitrogens with one attached hydrogen (secondary N) is 2. The molecule has 4 aromatic carbocycles. The summed E-state index contributed by atoms with van der Waals surface area (Å²) in [7, 11) is 0. The summed E-state index contributed by atoms with van der Waals surface area (Å²) < 4.78 is 19.0. The molecule has 194 valence electrons. The number of hydrogen-bond donors (Lipinski definition) is 2. The van der Waals surface area contributed by atoms with Crippen LogP contribution in [0.1, 0.15) is 21.5 Å². The first-order valence-corrected chi connectivity index (χ1v) is 13.2. The molecule has 5 rings (SSSR count). The minimum absolute atomic E-state index is 0.240. The molecular weight excluding hydrogens is 535 g/mol. The maximum absolute atomic E-state index is 13.1. The van der Waals surface area contributed by atoms with E-state index >= 15 is 0 Å². The van der Waals surface area contributed by atoms with Gasteiger partial charge in [0.25, 0.3) is 5.91 Å². The molecule has 0 aliphatic rings. The Bertz CT molecular complexity index is 1590. The number of nitrogens with zero attached hydrogens (tertiary/aromatic N) is 2. The van der Waals surface area contributed by atoms with Gasteiger partial charge in [0.1, 0.15) is 18.2 Å². The van der Waals surface area contributed by atoms with Gasteiger partial charge in [-0.05, 0) is 60.2 Å². The Morgan fingerprint density at radius 1 is 1.00 bits per heavy atom. The number of rotatable bonds is 9. The van der Waals surface area contributed by atoms with Gasteiger partial charge in [-0.2, -0.15) is 5.10 Å². The van der Waals surface area contributed by atoms with Gasteiger partial charge in [0.15, 0.2) is 5.13 Å². The van der Waals surface area contributed by atoms with Crippen molar-refractivity contribution in [3.05, 3.63) is 130 Å².